The van der Waals surface area contributed by atoms with E-state index in [-0.39, 0.29) is 17.7 Å². The predicted octanol–water partition coefficient (Wildman–Crippen LogP) is 0.590. The van der Waals surface area contributed by atoms with Gasteiger partial charge in [0.1, 0.15) is 5.03 Å². The van der Waals surface area contributed by atoms with Crippen molar-refractivity contribution >= 4 is 34.7 Å². The lowest BCUT2D eigenvalue weighted by atomic mass is 10.4. The number of esters is 1. The predicted molar refractivity (Wildman–Crippen MR) is 63.5 cm³/mol. The highest BCUT2D eigenvalue weighted by molar-refractivity contribution is 8.00. The Morgan fingerprint density at radius 1 is 1.59 bits per heavy atom. The lowest BCUT2D eigenvalue weighted by Crippen LogP contribution is -2.07. The maximum absolute atomic E-state index is 11.2. The molecule has 90 valence electrons. The van der Waals surface area contributed by atoms with E-state index in [9.17, 15) is 4.79 Å². The molecule has 2 aromatic heterocycles. The Morgan fingerprint density at radius 2 is 2.41 bits per heavy atom. The van der Waals surface area contributed by atoms with Gasteiger partial charge >= 0.3 is 5.97 Å². The molecule has 3 N–H and O–H groups in total. The number of thioether (sulfide) groups is 1. The largest absolute Gasteiger partial charge is 0.465 e. The van der Waals surface area contributed by atoms with Gasteiger partial charge in [-0.2, -0.15) is 10.1 Å². The number of H-pyrrole nitrogens is 1. The molecule has 8 heteroatoms. The zero-order valence-corrected chi connectivity index (χ0v) is 9.95. The average Bonchev–Trinajstić information content (AvgIpc) is 2.74. The van der Waals surface area contributed by atoms with Gasteiger partial charge in [-0.1, -0.05) is 11.8 Å². The molecule has 0 bridgehead atoms. The van der Waals surface area contributed by atoms with Gasteiger partial charge in [0, 0.05) is 0 Å². The van der Waals surface area contributed by atoms with Crippen LogP contribution in [0.3, 0.4) is 0 Å². The summed E-state index contributed by atoms with van der Waals surface area (Å²) in [7, 11) is 0. The van der Waals surface area contributed by atoms with Gasteiger partial charge < -0.3 is 10.5 Å². The molecule has 2 heterocycles. The number of carbonyl (C=O) groups excluding carboxylic acids is 1. The van der Waals surface area contributed by atoms with Crippen LogP contribution in [-0.4, -0.2) is 38.5 Å². The van der Waals surface area contributed by atoms with Gasteiger partial charge in [-0.25, -0.2) is 4.98 Å². The first kappa shape index (κ1) is 11.6. The summed E-state index contributed by atoms with van der Waals surface area (Å²) < 4.78 is 4.83. The molecule has 0 aliphatic carbocycles. The second-order valence-corrected chi connectivity index (χ2v) is 4.08. The number of hydrogen-bond acceptors (Lipinski definition) is 7. The smallest absolute Gasteiger partial charge is 0.316 e. The number of nitrogens with one attached hydrogen (secondary N) is 1. The minimum Gasteiger partial charge on any atom is -0.465 e. The lowest BCUT2D eigenvalue weighted by Gasteiger charge is -2.03. The molecule has 0 aliphatic heterocycles. The van der Waals surface area contributed by atoms with E-state index in [0.29, 0.717) is 17.3 Å². The van der Waals surface area contributed by atoms with Crippen molar-refractivity contribution < 1.29 is 9.53 Å². The number of fused-ring (bicyclic) bond motifs is 1. The molecule has 17 heavy (non-hydrogen) atoms. The summed E-state index contributed by atoms with van der Waals surface area (Å²) in [5.74, 6) is 0.0457. The van der Waals surface area contributed by atoms with Crippen molar-refractivity contribution in [1.29, 1.82) is 0 Å². The molecule has 0 spiro atoms. The minimum absolute atomic E-state index is 0.146. The van der Waals surface area contributed by atoms with Crippen molar-refractivity contribution in [3.8, 4) is 0 Å². The first-order valence-electron chi connectivity index (χ1n) is 4.95. The Bertz CT molecular complexity index is 541. The summed E-state index contributed by atoms with van der Waals surface area (Å²) in [6.45, 7) is 2.13. The number of nitrogen functional groups attached to an aromatic ring is 1. The van der Waals surface area contributed by atoms with Crippen molar-refractivity contribution in [3.05, 3.63) is 6.20 Å². The molecule has 0 atom stereocenters. The molecule has 0 radical (unpaired) electrons. The van der Waals surface area contributed by atoms with Gasteiger partial charge in [0.15, 0.2) is 5.65 Å². The van der Waals surface area contributed by atoms with Crippen LogP contribution in [0, 0.1) is 0 Å². The van der Waals surface area contributed by atoms with Gasteiger partial charge in [-0.05, 0) is 6.92 Å². The van der Waals surface area contributed by atoms with Crippen LogP contribution in [0.5, 0.6) is 0 Å². The van der Waals surface area contributed by atoms with Crippen molar-refractivity contribution in [2.45, 2.75) is 11.9 Å². The Hall–Kier alpha value is -1.83. The summed E-state index contributed by atoms with van der Waals surface area (Å²) >= 11 is 1.25. The average molecular weight is 253 g/mol. The number of carbonyl (C=O) groups is 1. The third-order valence-corrected chi connectivity index (χ3v) is 2.89. The standard InChI is InChI=1S/C9H11N5O2S/c1-2-16-6(15)4-17-8-5-3-11-14-7(5)12-9(10)13-8/h3H,2,4H2,1H3,(H3,10,11,12,13,14). The summed E-state index contributed by atoms with van der Waals surface area (Å²) in [5, 5.41) is 7.92. The number of hydrogen-bond donors (Lipinski definition) is 2. The summed E-state index contributed by atoms with van der Waals surface area (Å²) in [6.07, 6.45) is 1.60. The third-order valence-electron chi connectivity index (χ3n) is 1.92. The van der Waals surface area contributed by atoms with Crippen LogP contribution in [0.4, 0.5) is 5.95 Å². The third kappa shape index (κ3) is 2.64. The minimum atomic E-state index is -0.286. The number of aromatic nitrogens is 4. The fourth-order valence-electron chi connectivity index (χ4n) is 1.26. The van der Waals surface area contributed by atoms with Gasteiger partial charge in [0.25, 0.3) is 0 Å². The van der Waals surface area contributed by atoms with Crippen molar-refractivity contribution in [2.75, 3.05) is 18.1 Å². The van der Waals surface area contributed by atoms with E-state index >= 15 is 0 Å². The Morgan fingerprint density at radius 3 is 3.18 bits per heavy atom. The van der Waals surface area contributed by atoms with E-state index in [1.807, 2.05) is 0 Å². The quantitative estimate of drug-likeness (QED) is 0.466. The van der Waals surface area contributed by atoms with Crippen LogP contribution >= 0.6 is 11.8 Å². The molecule has 0 saturated heterocycles. The Balaban J connectivity index is 2.17. The molecule has 0 fully saturated rings. The van der Waals surface area contributed by atoms with Crippen LogP contribution in [-0.2, 0) is 9.53 Å². The highest BCUT2D eigenvalue weighted by Crippen LogP contribution is 2.24. The number of rotatable bonds is 4. The van der Waals surface area contributed by atoms with Gasteiger partial charge in [0.2, 0.25) is 5.95 Å². The molecule has 7 nitrogen and oxygen atoms in total. The van der Waals surface area contributed by atoms with Gasteiger partial charge in [-0.15, -0.1) is 0 Å². The van der Waals surface area contributed by atoms with Crippen LogP contribution in [0.25, 0.3) is 11.0 Å². The maximum atomic E-state index is 11.2. The Kier molecular flexibility index (Phi) is 3.43. The van der Waals surface area contributed by atoms with Crippen molar-refractivity contribution in [3.63, 3.8) is 0 Å². The number of nitrogens with two attached hydrogens (primary N) is 1. The van der Waals surface area contributed by atoms with Crippen molar-refractivity contribution in [2.24, 2.45) is 0 Å². The molecule has 2 rings (SSSR count). The second kappa shape index (κ2) is 5.00. The zero-order chi connectivity index (χ0) is 12.3. The highest BCUT2D eigenvalue weighted by Gasteiger charge is 2.11. The first-order valence-corrected chi connectivity index (χ1v) is 5.94. The molecule has 0 saturated carbocycles. The van der Waals surface area contributed by atoms with E-state index in [1.165, 1.54) is 11.8 Å². The lowest BCUT2D eigenvalue weighted by molar-refractivity contribution is -0.139. The van der Waals surface area contributed by atoms with E-state index in [4.69, 9.17) is 10.5 Å². The Labute approximate surface area is 101 Å². The maximum Gasteiger partial charge on any atom is 0.316 e. The van der Waals surface area contributed by atoms with E-state index in [1.54, 1.807) is 13.1 Å². The number of ether oxygens (including phenoxy) is 1. The molecule has 0 amide bonds. The fourth-order valence-corrected chi connectivity index (χ4v) is 2.07. The van der Waals surface area contributed by atoms with Gasteiger partial charge in [0.05, 0.1) is 23.9 Å². The first-order chi connectivity index (χ1) is 8.20. The molecule has 0 aromatic carbocycles. The second-order valence-electron chi connectivity index (χ2n) is 3.11. The van der Waals surface area contributed by atoms with E-state index in [2.05, 4.69) is 20.2 Å². The van der Waals surface area contributed by atoms with Crippen LogP contribution in [0.1, 0.15) is 6.92 Å². The molecule has 0 unspecified atom stereocenters. The molecular weight excluding hydrogens is 242 g/mol. The number of anilines is 1. The fraction of sp³-hybridized carbons (Fsp3) is 0.333. The van der Waals surface area contributed by atoms with Crippen molar-refractivity contribution in [1.82, 2.24) is 20.2 Å². The SMILES string of the molecule is CCOC(=O)CSc1nc(N)nc2[nH]ncc12. The monoisotopic (exact) mass is 253 g/mol. The molecular formula is C9H11N5O2S. The van der Waals surface area contributed by atoms with E-state index < -0.39 is 0 Å². The van der Waals surface area contributed by atoms with Crippen LogP contribution in [0.15, 0.2) is 11.2 Å². The highest BCUT2D eigenvalue weighted by atomic mass is 32.2. The molecule has 0 aliphatic rings. The van der Waals surface area contributed by atoms with E-state index in [0.717, 1.165) is 5.39 Å². The zero-order valence-electron chi connectivity index (χ0n) is 9.14. The van der Waals surface area contributed by atoms with Gasteiger partial charge in [-0.3, -0.25) is 9.89 Å². The summed E-state index contributed by atoms with van der Waals surface area (Å²) in [6, 6.07) is 0. The topological polar surface area (TPSA) is 107 Å². The molecule has 2 aromatic rings. The summed E-state index contributed by atoms with van der Waals surface area (Å²) in [4.78, 5) is 19.3. The number of aromatic amines is 1. The van der Waals surface area contributed by atoms with Crippen LogP contribution < -0.4 is 5.73 Å². The summed E-state index contributed by atoms with van der Waals surface area (Å²) in [5.41, 5.74) is 6.11. The normalized spacial score (nSPS) is 10.6. The van der Waals surface area contributed by atoms with Crippen LogP contribution in [0.2, 0.25) is 0 Å². The number of nitrogens with zero attached hydrogens (tertiary/aromatic N) is 3.